The first-order chi connectivity index (χ1) is 10.3. The van der Waals surface area contributed by atoms with Crippen LogP contribution in [0.1, 0.15) is 62.9 Å². The van der Waals surface area contributed by atoms with Gasteiger partial charge in [-0.15, -0.1) is 0 Å². The molecule has 2 fully saturated rings. The summed E-state index contributed by atoms with van der Waals surface area (Å²) >= 11 is 2.42. The van der Waals surface area contributed by atoms with Crippen LogP contribution in [0.5, 0.6) is 0 Å². The van der Waals surface area contributed by atoms with Crippen LogP contribution in [0.2, 0.25) is 0 Å². The molecular weight excluding hydrogens is 377 g/mol. The van der Waals surface area contributed by atoms with Crippen molar-refractivity contribution in [1.29, 1.82) is 0 Å². The molecule has 1 aromatic heterocycles. The van der Waals surface area contributed by atoms with E-state index in [0.29, 0.717) is 12.0 Å². The lowest BCUT2D eigenvalue weighted by Crippen LogP contribution is -2.16. The van der Waals surface area contributed by atoms with E-state index in [-0.39, 0.29) is 0 Å². The number of rotatable bonds is 5. The van der Waals surface area contributed by atoms with Gasteiger partial charge in [0.25, 0.3) is 0 Å². The Bertz CT molecular complexity index is 483. The summed E-state index contributed by atoms with van der Waals surface area (Å²) in [5.41, 5.74) is 1.27. The second-order valence-corrected chi connectivity index (χ2v) is 7.12. The summed E-state index contributed by atoms with van der Waals surface area (Å²) in [6.07, 6.45) is 8.71. The van der Waals surface area contributed by atoms with Gasteiger partial charge in [-0.05, 0) is 55.2 Å². The van der Waals surface area contributed by atoms with Crippen molar-refractivity contribution in [3.63, 3.8) is 0 Å². The molecule has 1 aliphatic carbocycles. The second kappa shape index (κ2) is 7.22. The topological polar surface area (TPSA) is 47.0 Å². The number of nitrogens with zero attached hydrogens (tertiary/aromatic N) is 2. The maximum absolute atomic E-state index is 5.75. The van der Waals surface area contributed by atoms with E-state index in [4.69, 9.17) is 14.7 Å². The zero-order valence-electron chi connectivity index (χ0n) is 12.7. The number of halogens is 1. The minimum atomic E-state index is 0.316. The minimum absolute atomic E-state index is 0.316. The quantitative estimate of drug-likeness (QED) is 0.761. The monoisotopic (exact) mass is 401 g/mol. The van der Waals surface area contributed by atoms with Gasteiger partial charge in [0.1, 0.15) is 11.6 Å². The molecule has 2 aliphatic rings. The van der Waals surface area contributed by atoms with Crippen molar-refractivity contribution >= 4 is 28.4 Å². The van der Waals surface area contributed by atoms with E-state index in [1.165, 1.54) is 41.4 Å². The first-order valence-electron chi connectivity index (χ1n) is 8.19. The molecule has 0 aromatic carbocycles. The van der Waals surface area contributed by atoms with Gasteiger partial charge in [0.05, 0.1) is 15.4 Å². The van der Waals surface area contributed by atoms with Crippen LogP contribution in [0.15, 0.2) is 0 Å². The summed E-state index contributed by atoms with van der Waals surface area (Å²) in [7, 11) is 0. The van der Waals surface area contributed by atoms with Crippen molar-refractivity contribution in [2.75, 3.05) is 18.5 Å². The van der Waals surface area contributed by atoms with Crippen LogP contribution >= 0.6 is 22.6 Å². The molecule has 0 radical (unpaired) electrons. The summed E-state index contributed by atoms with van der Waals surface area (Å²) < 4.78 is 6.97. The highest BCUT2D eigenvalue weighted by Crippen LogP contribution is 2.37. The molecule has 0 bridgehead atoms. The largest absolute Gasteiger partial charge is 0.378 e. The highest BCUT2D eigenvalue weighted by Gasteiger charge is 2.25. The molecule has 0 spiro atoms. The lowest BCUT2D eigenvalue weighted by atomic mass is 10.0. The standard InChI is InChI=1S/C16H24IN3O/c1-2-18-16-14(17)15(11-6-3-4-7-11)19-13(20-16)10-12-8-5-9-21-12/h11-12H,2-10H2,1H3,(H,18,19,20). The number of nitrogens with one attached hydrogen (secondary N) is 1. The highest BCUT2D eigenvalue weighted by atomic mass is 127. The number of anilines is 1. The summed E-state index contributed by atoms with van der Waals surface area (Å²) in [5.74, 6) is 2.60. The molecule has 1 aliphatic heterocycles. The lowest BCUT2D eigenvalue weighted by Gasteiger charge is -2.17. The Morgan fingerprint density at radius 3 is 2.67 bits per heavy atom. The molecule has 1 N–H and O–H groups in total. The molecule has 4 nitrogen and oxygen atoms in total. The Morgan fingerprint density at radius 2 is 2.00 bits per heavy atom. The van der Waals surface area contributed by atoms with E-state index in [1.54, 1.807) is 0 Å². The zero-order valence-corrected chi connectivity index (χ0v) is 14.9. The Kier molecular flexibility index (Phi) is 5.32. The molecule has 5 heteroatoms. The zero-order chi connectivity index (χ0) is 14.7. The first-order valence-corrected chi connectivity index (χ1v) is 9.27. The van der Waals surface area contributed by atoms with Crippen LogP contribution in [0.4, 0.5) is 5.82 Å². The summed E-state index contributed by atoms with van der Waals surface area (Å²) in [5, 5.41) is 3.41. The van der Waals surface area contributed by atoms with E-state index in [2.05, 4.69) is 34.8 Å². The smallest absolute Gasteiger partial charge is 0.143 e. The average Bonchev–Trinajstić information content (AvgIpc) is 3.15. The van der Waals surface area contributed by atoms with E-state index in [0.717, 1.165) is 37.6 Å². The number of hydrogen-bond acceptors (Lipinski definition) is 4. The van der Waals surface area contributed by atoms with Gasteiger partial charge in [0.15, 0.2) is 0 Å². The normalized spacial score (nSPS) is 22.9. The molecule has 1 saturated carbocycles. The minimum Gasteiger partial charge on any atom is -0.378 e. The number of ether oxygens (including phenoxy) is 1. The maximum Gasteiger partial charge on any atom is 0.143 e. The molecule has 0 amide bonds. The third-order valence-electron chi connectivity index (χ3n) is 4.44. The molecule has 1 unspecified atom stereocenters. The van der Waals surface area contributed by atoms with Crippen molar-refractivity contribution in [2.24, 2.45) is 0 Å². The lowest BCUT2D eigenvalue weighted by molar-refractivity contribution is 0.110. The molecule has 21 heavy (non-hydrogen) atoms. The molecular formula is C16H24IN3O. The average molecular weight is 401 g/mol. The van der Waals surface area contributed by atoms with Crippen LogP contribution in [0.3, 0.4) is 0 Å². The fourth-order valence-corrected chi connectivity index (χ4v) is 4.24. The fourth-order valence-electron chi connectivity index (χ4n) is 3.37. The van der Waals surface area contributed by atoms with Crippen LogP contribution in [0, 0.1) is 3.57 Å². The number of hydrogen-bond donors (Lipinski definition) is 1. The maximum atomic E-state index is 5.75. The SMILES string of the molecule is CCNc1nc(CC2CCCO2)nc(C2CCCC2)c1I. The molecule has 1 aromatic rings. The molecule has 3 rings (SSSR count). The van der Waals surface area contributed by atoms with Crippen molar-refractivity contribution in [1.82, 2.24) is 9.97 Å². The van der Waals surface area contributed by atoms with Gasteiger partial charge in [0.2, 0.25) is 0 Å². The van der Waals surface area contributed by atoms with E-state index >= 15 is 0 Å². The van der Waals surface area contributed by atoms with Crippen molar-refractivity contribution in [3.8, 4) is 0 Å². The third kappa shape index (κ3) is 3.67. The predicted octanol–water partition coefficient (Wildman–Crippen LogP) is 3.89. The fraction of sp³-hybridized carbons (Fsp3) is 0.750. The number of aromatic nitrogens is 2. The molecule has 1 atom stereocenters. The van der Waals surface area contributed by atoms with Gasteiger partial charge in [0, 0.05) is 25.5 Å². The van der Waals surface area contributed by atoms with E-state index in [1.807, 2.05) is 0 Å². The first kappa shape index (κ1) is 15.5. The van der Waals surface area contributed by atoms with Gasteiger partial charge in [-0.2, -0.15) is 0 Å². The van der Waals surface area contributed by atoms with E-state index in [9.17, 15) is 0 Å². The Balaban J connectivity index is 1.87. The molecule has 1 saturated heterocycles. The molecule has 2 heterocycles. The van der Waals surface area contributed by atoms with Crippen molar-refractivity contribution in [2.45, 2.75) is 63.9 Å². The predicted molar refractivity (Wildman–Crippen MR) is 92.8 cm³/mol. The van der Waals surface area contributed by atoms with Gasteiger partial charge in [-0.25, -0.2) is 9.97 Å². The third-order valence-corrected chi connectivity index (χ3v) is 5.51. The van der Waals surface area contributed by atoms with Crippen LogP contribution in [-0.4, -0.2) is 29.2 Å². The van der Waals surface area contributed by atoms with Crippen molar-refractivity contribution in [3.05, 3.63) is 15.1 Å². The second-order valence-electron chi connectivity index (χ2n) is 6.04. The summed E-state index contributed by atoms with van der Waals surface area (Å²) in [4.78, 5) is 9.67. The molecule has 116 valence electrons. The summed E-state index contributed by atoms with van der Waals surface area (Å²) in [6, 6.07) is 0. The van der Waals surface area contributed by atoms with E-state index < -0.39 is 0 Å². The van der Waals surface area contributed by atoms with Gasteiger partial charge in [-0.1, -0.05) is 12.8 Å². The Hall–Kier alpha value is -0.430. The Labute approximate surface area is 140 Å². The van der Waals surface area contributed by atoms with Gasteiger partial charge in [-0.3, -0.25) is 0 Å². The van der Waals surface area contributed by atoms with Crippen LogP contribution in [0.25, 0.3) is 0 Å². The highest BCUT2D eigenvalue weighted by molar-refractivity contribution is 14.1. The van der Waals surface area contributed by atoms with Crippen LogP contribution in [-0.2, 0) is 11.2 Å². The van der Waals surface area contributed by atoms with Gasteiger partial charge >= 0.3 is 0 Å². The van der Waals surface area contributed by atoms with Gasteiger partial charge < -0.3 is 10.1 Å². The Morgan fingerprint density at radius 1 is 1.19 bits per heavy atom. The van der Waals surface area contributed by atoms with Crippen LogP contribution < -0.4 is 5.32 Å². The summed E-state index contributed by atoms with van der Waals surface area (Å²) in [6.45, 7) is 3.91. The van der Waals surface area contributed by atoms with Crippen molar-refractivity contribution < 1.29 is 4.74 Å².